The van der Waals surface area contributed by atoms with E-state index in [9.17, 15) is 4.79 Å². The highest BCUT2D eigenvalue weighted by molar-refractivity contribution is 6.33. The van der Waals surface area contributed by atoms with Gasteiger partial charge >= 0.3 is 0 Å². The number of nitrogens with one attached hydrogen (secondary N) is 1. The molecule has 0 aliphatic heterocycles. The molecule has 5 N–H and O–H groups in total. The molecule has 88 valence electrons. The molecule has 2 aromatic rings. The van der Waals surface area contributed by atoms with Gasteiger partial charge in [-0.3, -0.25) is 4.79 Å². The van der Waals surface area contributed by atoms with Crippen LogP contribution in [-0.4, -0.2) is 4.98 Å². The van der Waals surface area contributed by atoms with Crippen LogP contribution in [0.25, 0.3) is 11.3 Å². The van der Waals surface area contributed by atoms with Crippen molar-refractivity contribution in [1.82, 2.24) is 4.98 Å². The van der Waals surface area contributed by atoms with Crippen LogP contribution in [0, 0.1) is 0 Å². The van der Waals surface area contributed by atoms with E-state index in [1.807, 2.05) is 12.1 Å². The summed E-state index contributed by atoms with van der Waals surface area (Å²) in [6.45, 7) is 0.155. The van der Waals surface area contributed by atoms with Gasteiger partial charge in [0.05, 0.1) is 11.4 Å². The number of hydrogen-bond donors (Lipinski definition) is 3. The van der Waals surface area contributed by atoms with Gasteiger partial charge < -0.3 is 16.5 Å². The fraction of sp³-hybridized carbons (Fsp3) is 0.0833. The average molecular weight is 250 g/mol. The minimum atomic E-state index is -0.239. The van der Waals surface area contributed by atoms with Gasteiger partial charge in [0.15, 0.2) is 0 Å². The van der Waals surface area contributed by atoms with E-state index in [-0.39, 0.29) is 12.1 Å². The number of H-pyrrole nitrogens is 1. The monoisotopic (exact) mass is 249 g/mol. The summed E-state index contributed by atoms with van der Waals surface area (Å²) in [5, 5.41) is 0.537. The van der Waals surface area contributed by atoms with Crippen molar-refractivity contribution in [2.75, 3.05) is 5.73 Å². The SMILES string of the molecule is NCc1cc(N)c(-c2ccccc2Cl)[nH]c1=O. The Labute approximate surface area is 103 Å². The van der Waals surface area contributed by atoms with Gasteiger partial charge in [-0.2, -0.15) is 0 Å². The molecule has 1 aromatic heterocycles. The minimum absolute atomic E-state index is 0.155. The van der Waals surface area contributed by atoms with Crippen molar-refractivity contribution in [3.63, 3.8) is 0 Å². The molecule has 0 atom stereocenters. The van der Waals surface area contributed by atoms with Crippen molar-refractivity contribution in [3.8, 4) is 11.3 Å². The zero-order valence-electron chi connectivity index (χ0n) is 9.03. The molecule has 2 rings (SSSR count). The quantitative estimate of drug-likeness (QED) is 0.758. The summed E-state index contributed by atoms with van der Waals surface area (Å²) in [5.74, 6) is 0. The van der Waals surface area contributed by atoms with Crippen LogP contribution in [0.1, 0.15) is 5.56 Å². The zero-order valence-corrected chi connectivity index (χ0v) is 9.79. The first-order valence-corrected chi connectivity index (χ1v) is 5.48. The molecule has 1 heterocycles. The van der Waals surface area contributed by atoms with Crippen molar-refractivity contribution in [3.05, 3.63) is 51.3 Å². The van der Waals surface area contributed by atoms with Gasteiger partial charge in [0.1, 0.15) is 0 Å². The van der Waals surface area contributed by atoms with Crippen LogP contribution in [-0.2, 0) is 6.54 Å². The third-order valence-corrected chi connectivity index (χ3v) is 2.84. The number of rotatable bonds is 2. The molecular weight excluding hydrogens is 238 g/mol. The Bertz CT molecular complexity index is 607. The van der Waals surface area contributed by atoms with Gasteiger partial charge in [-0.15, -0.1) is 0 Å². The Balaban J connectivity index is 2.65. The van der Waals surface area contributed by atoms with Gasteiger partial charge in [-0.1, -0.05) is 29.8 Å². The molecule has 0 amide bonds. The predicted octanol–water partition coefficient (Wildman–Crippen LogP) is 1.74. The molecule has 1 aromatic carbocycles. The Morgan fingerprint density at radius 3 is 2.65 bits per heavy atom. The lowest BCUT2D eigenvalue weighted by Gasteiger charge is -2.08. The number of nitrogens with two attached hydrogens (primary N) is 2. The van der Waals surface area contributed by atoms with E-state index in [0.29, 0.717) is 27.5 Å². The van der Waals surface area contributed by atoms with Gasteiger partial charge in [0.2, 0.25) is 0 Å². The van der Waals surface area contributed by atoms with E-state index in [2.05, 4.69) is 4.98 Å². The van der Waals surface area contributed by atoms with Crippen molar-refractivity contribution in [2.24, 2.45) is 5.73 Å². The molecule has 0 spiro atoms. The number of benzene rings is 1. The average Bonchev–Trinajstić information content (AvgIpc) is 2.32. The zero-order chi connectivity index (χ0) is 12.4. The molecule has 0 unspecified atom stereocenters. The summed E-state index contributed by atoms with van der Waals surface area (Å²) in [5.41, 5.74) is 13.2. The van der Waals surface area contributed by atoms with E-state index in [0.717, 1.165) is 0 Å². The third kappa shape index (κ3) is 2.18. The molecule has 0 fully saturated rings. The van der Waals surface area contributed by atoms with Gasteiger partial charge in [0.25, 0.3) is 5.56 Å². The van der Waals surface area contributed by atoms with Gasteiger partial charge in [0, 0.05) is 22.7 Å². The number of halogens is 1. The second-order valence-electron chi connectivity index (χ2n) is 3.64. The lowest BCUT2D eigenvalue weighted by molar-refractivity contribution is 1.02. The molecule has 4 nitrogen and oxygen atoms in total. The molecule has 0 aliphatic rings. The topological polar surface area (TPSA) is 84.9 Å². The summed E-state index contributed by atoms with van der Waals surface area (Å²) in [7, 11) is 0. The summed E-state index contributed by atoms with van der Waals surface area (Å²) in [6.07, 6.45) is 0. The van der Waals surface area contributed by atoms with E-state index in [1.54, 1.807) is 18.2 Å². The van der Waals surface area contributed by atoms with Crippen molar-refractivity contribution in [1.29, 1.82) is 0 Å². The summed E-state index contributed by atoms with van der Waals surface area (Å²) in [6, 6.07) is 8.76. The number of pyridine rings is 1. The van der Waals surface area contributed by atoms with E-state index >= 15 is 0 Å². The highest BCUT2D eigenvalue weighted by Crippen LogP contribution is 2.29. The molecule has 0 saturated heterocycles. The number of aromatic nitrogens is 1. The first kappa shape index (κ1) is 11.7. The number of aromatic amines is 1. The fourth-order valence-corrected chi connectivity index (χ4v) is 1.86. The van der Waals surface area contributed by atoms with Crippen LogP contribution >= 0.6 is 11.6 Å². The van der Waals surface area contributed by atoms with Crippen LogP contribution in [0.3, 0.4) is 0 Å². The van der Waals surface area contributed by atoms with Crippen LogP contribution in [0.4, 0.5) is 5.69 Å². The summed E-state index contributed by atoms with van der Waals surface area (Å²) < 4.78 is 0. The molecule has 0 bridgehead atoms. The molecule has 17 heavy (non-hydrogen) atoms. The van der Waals surface area contributed by atoms with Crippen LogP contribution in [0.15, 0.2) is 35.1 Å². The molecular formula is C12H12ClN3O. The first-order valence-electron chi connectivity index (χ1n) is 5.10. The number of hydrogen-bond acceptors (Lipinski definition) is 3. The highest BCUT2D eigenvalue weighted by Gasteiger charge is 2.09. The Hall–Kier alpha value is -1.78. The van der Waals surface area contributed by atoms with E-state index < -0.39 is 0 Å². The van der Waals surface area contributed by atoms with E-state index in [4.69, 9.17) is 23.1 Å². The van der Waals surface area contributed by atoms with Crippen LogP contribution in [0.5, 0.6) is 0 Å². The standard InChI is InChI=1S/C12H12ClN3O/c13-9-4-2-1-3-8(9)11-10(15)5-7(6-14)12(17)16-11/h1-5H,6,14-15H2,(H,16,17). The second-order valence-corrected chi connectivity index (χ2v) is 4.05. The van der Waals surface area contributed by atoms with E-state index in [1.165, 1.54) is 0 Å². The Morgan fingerprint density at radius 2 is 2.00 bits per heavy atom. The number of anilines is 1. The van der Waals surface area contributed by atoms with Crippen molar-refractivity contribution < 1.29 is 0 Å². The first-order chi connectivity index (χ1) is 8.13. The van der Waals surface area contributed by atoms with Gasteiger partial charge in [-0.05, 0) is 12.1 Å². The van der Waals surface area contributed by atoms with Gasteiger partial charge in [-0.25, -0.2) is 0 Å². The predicted molar refractivity (Wildman–Crippen MR) is 69.8 cm³/mol. The van der Waals surface area contributed by atoms with Crippen LogP contribution < -0.4 is 17.0 Å². The van der Waals surface area contributed by atoms with Crippen LogP contribution in [0.2, 0.25) is 5.02 Å². The largest absolute Gasteiger partial charge is 0.397 e. The number of nitrogen functional groups attached to an aromatic ring is 1. The fourth-order valence-electron chi connectivity index (χ4n) is 1.63. The molecule has 5 heteroatoms. The Morgan fingerprint density at radius 1 is 1.29 bits per heavy atom. The highest BCUT2D eigenvalue weighted by atomic mass is 35.5. The molecule has 0 aliphatic carbocycles. The minimum Gasteiger partial charge on any atom is -0.397 e. The summed E-state index contributed by atoms with van der Waals surface area (Å²) >= 11 is 6.05. The third-order valence-electron chi connectivity index (χ3n) is 2.51. The normalized spacial score (nSPS) is 10.5. The van der Waals surface area contributed by atoms with Crippen molar-refractivity contribution in [2.45, 2.75) is 6.54 Å². The maximum absolute atomic E-state index is 11.7. The Kier molecular flexibility index (Phi) is 3.17. The summed E-state index contributed by atoms with van der Waals surface area (Å²) in [4.78, 5) is 14.4. The lowest BCUT2D eigenvalue weighted by Crippen LogP contribution is -2.17. The second kappa shape index (κ2) is 4.61. The smallest absolute Gasteiger partial charge is 0.253 e. The lowest BCUT2D eigenvalue weighted by atomic mass is 10.1. The molecule has 0 saturated carbocycles. The maximum Gasteiger partial charge on any atom is 0.253 e. The van der Waals surface area contributed by atoms with Crippen molar-refractivity contribution >= 4 is 17.3 Å². The maximum atomic E-state index is 11.7. The molecule has 0 radical (unpaired) electrons.